The highest BCUT2D eigenvalue weighted by molar-refractivity contribution is 7.99. The molecule has 0 aliphatic carbocycles. The molecule has 0 aliphatic rings. The van der Waals surface area contributed by atoms with E-state index in [4.69, 9.17) is 0 Å². The molecule has 0 spiro atoms. The van der Waals surface area contributed by atoms with Gasteiger partial charge in [-0.15, -0.1) is 0 Å². The van der Waals surface area contributed by atoms with Gasteiger partial charge in [0.1, 0.15) is 13.1 Å². The van der Waals surface area contributed by atoms with Gasteiger partial charge in [0.25, 0.3) is 0 Å². The molecule has 1 aromatic heterocycles. The van der Waals surface area contributed by atoms with Crippen LogP contribution in [0.1, 0.15) is 11.1 Å². The van der Waals surface area contributed by atoms with Gasteiger partial charge in [0, 0.05) is 12.4 Å². The third kappa shape index (κ3) is 5.35. The Bertz CT molecular complexity index is 847. The van der Waals surface area contributed by atoms with Gasteiger partial charge in [-0.05, 0) is 31.0 Å². The van der Waals surface area contributed by atoms with E-state index in [0.717, 1.165) is 21.7 Å². The molecule has 0 radical (unpaired) electrons. The molecule has 0 saturated heterocycles. The molecule has 0 saturated carbocycles. The summed E-state index contributed by atoms with van der Waals surface area (Å²) >= 11 is 1.23. The van der Waals surface area contributed by atoms with Gasteiger partial charge in [-0.2, -0.15) is 0 Å². The van der Waals surface area contributed by atoms with Crippen LogP contribution in [0.5, 0.6) is 0 Å². The molecule has 0 bridgehead atoms. The number of imidazole rings is 1. The molecule has 0 aliphatic heterocycles. The van der Waals surface area contributed by atoms with Crippen LogP contribution in [0.2, 0.25) is 0 Å². The van der Waals surface area contributed by atoms with Crippen LogP contribution in [0.4, 0.5) is 0 Å². The number of aryl methyl sites for hydroxylation is 1. The number of ether oxygens (including phenoxy) is 2. The summed E-state index contributed by atoms with van der Waals surface area (Å²) in [4.78, 5) is 41.1. The Morgan fingerprint density at radius 3 is 2.36 bits per heavy atom. The van der Waals surface area contributed by atoms with Crippen LogP contribution in [0.15, 0.2) is 35.7 Å². The Morgan fingerprint density at radius 1 is 1.11 bits per heavy atom. The quantitative estimate of drug-likeness (QED) is 0.488. The summed E-state index contributed by atoms with van der Waals surface area (Å²) in [6.07, 6.45) is 3.49. The van der Waals surface area contributed by atoms with E-state index in [9.17, 15) is 14.4 Å². The van der Waals surface area contributed by atoms with E-state index in [-0.39, 0.29) is 18.8 Å². The molecule has 1 amide bonds. The zero-order valence-corrected chi connectivity index (χ0v) is 17.1. The Morgan fingerprint density at radius 2 is 1.75 bits per heavy atom. The molecule has 1 heterocycles. The molecule has 2 aromatic rings. The minimum Gasteiger partial charge on any atom is -0.468 e. The first-order chi connectivity index (χ1) is 13.4. The van der Waals surface area contributed by atoms with Gasteiger partial charge in [-0.3, -0.25) is 19.0 Å². The molecule has 0 unspecified atom stereocenters. The summed E-state index contributed by atoms with van der Waals surface area (Å²) in [5, 5.41) is 0.637. The SMILES string of the molecule is COC(=O)CN(CC(=O)OC)C(=O)CSc1nccn1-c1cccc(C)c1C. The van der Waals surface area contributed by atoms with E-state index in [1.54, 1.807) is 6.20 Å². The van der Waals surface area contributed by atoms with Crippen molar-refractivity contribution in [2.45, 2.75) is 19.0 Å². The van der Waals surface area contributed by atoms with Gasteiger partial charge in [0.15, 0.2) is 5.16 Å². The summed E-state index contributed by atoms with van der Waals surface area (Å²) in [6, 6.07) is 5.98. The molecule has 2 rings (SSSR count). The summed E-state index contributed by atoms with van der Waals surface area (Å²) in [5.74, 6) is -1.61. The number of esters is 2. The van der Waals surface area contributed by atoms with E-state index < -0.39 is 17.8 Å². The maximum atomic E-state index is 12.6. The molecule has 28 heavy (non-hydrogen) atoms. The third-order valence-corrected chi connectivity index (χ3v) is 5.17. The van der Waals surface area contributed by atoms with E-state index in [1.807, 2.05) is 42.8 Å². The second-order valence-electron chi connectivity index (χ2n) is 5.99. The van der Waals surface area contributed by atoms with Gasteiger partial charge in [-0.1, -0.05) is 23.9 Å². The average molecular weight is 405 g/mol. The van der Waals surface area contributed by atoms with Crippen LogP contribution < -0.4 is 0 Å². The van der Waals surface area contributed by atoms with E-state index >= 15 is 0 Å². The lowest BCUT2D eigenvalue weighted by molar-refractivity contribution is -0.151. The summed E-state index contributed by atoms with van der Waals surface area (Å²) in [7, 11) is 2.44. The van der Waals surface area contributed by atoms with Gasteiger partial charge in [-0.25, -0.2) is 4.98 Å². The minimum atomic E-state index is -0.612. The number of hydrogen-bond donors (Lipinski definition) is 0. The molecule has 9 heteroatoms. The average Bonchev–Trinajstić information content (AvgIpc) is 3.15. The number of amides is 1. The third-order valence-electron chi connectivity index (χ3n) is 4.22. The van der Waals surface area contributed by atoms with Crippen LogP contribution in [-0.4, -0.2) is 65.4 Å². The largest absolute Gasteiger partial charge is 0.468 e. The molecule has 1 aromatic carbocycles. The highest BCUT2D eigenvalue weighted by atomic mass is 32.2. The lowest BCUT2D eigenvalue weighted by Gasteiger charge is -2.20. The first-order valence-electron chi connectivity index (χ1n) is 8.51. The highest BCUT2D eigenvalue weighted by Crippen LogP contribution is 2.24. The second-order valence-corrected chi connectivity index (χ2v) is 6.93. The lowest BCUT2D eigenvalue weighted by atomic mass is 10.1. The van der Waals surface area contributed by atoms with Crippen molar-refractivity contribution in [2.24, 2.45) is 0 Å². The normalized spacial score (nSPS) is 10.4. The molecule has 0 fully saturated rings. The Labute approximate surface area is 167 Å². The van der Waals surface area contributed by atoms with E-state index in [2.05, 4.69) is 14.5 Å². The number of carbonyl (C=O) groups is 3. The zero-order valence-electron chi connectivity index (χ0n) is 16.3. The fraction of sp³-hybridized carbons (Fsp3) is 0.368. The summed E-state index contributed by atoms with van der Waals surface area (Å²) < 4.78 is 11.1. The fourth-order valence-corrected chi connectivity index (χ4v) is 3.34. The van der Waals surface area contributed by atoms with Crippen LogP contribution in [0.25, 0.3) is 5.69 Å². The number of rotatable bonds is 8. The number of benzene rings is 1. The fourth-order valence-electron chi connectivity index (χ4n) is 2.47. The molecular formula is C19H23N3O5S. The summed E-state index contributed by atoms with van der Waals surface area (Å²) in [5.41, 5.74) is 3.25. The second kappa shape index (κ2) is 9.93. The molecular weight excluding hydrogens is 382 g/mol. The van der Waals surface area contributed by atoms with Gasteiger partial charge >= 0.3 is 11.9 Å². The number of thioether (sulfide) groups is 1. The van der Waals surface area contributed by atoms with Crippen LogP contribution in [0.3, 0.4) is 0 Å². The van der Waals surface area contributed by atoms with Gasteiger partial charge in [0.2, 0.25) is 5.91 Å². The standard InChI is InChI=1S/C19H23N3O5S/c1-13-6-5-7-15(14(13)2)22-9-8-20-19(22)28-12-16(23)21(10-17(24)26-3)11-18(25)27-4/h5-9H,10-12H2,1-4H3. The van der Waals surface area contributed by atoms with Crippen molar-refractivity contribution in [1.29, 1.82) is 0 Å². The van der Waals surface area contributed by atoms with E-state index in [1.165, 1.54) is 26.0 Å². The van der Waals surface area contributed by atoms with E-state index in [0.29, 0.717) is 5.16 Å². The summed E-state index contributed by atoms with van der Waals surface area (Å²) in [6.45, 7) is 3.41. The predicted molar refractivity (Wildman–Crippen MR) is 104 cm³/mol. The van der Waals surface area contributed by atoms with Crippen molar-refractivity contribution < 1.29 is 23.9 Å². The maximum absolute atomic E-state index is 12.6. The Balaban J connectivity index is 2.13. The number of methoxy groups -OCH3 is 2. The zero-order chi connectivity index (χ0) is 20.7. The van der Waals surface area contributed by atoms with Crippen LogP contribution in [-0.2, 0) is 23.9 Å². The topological polar surface area (TPSA) is 90.7 Å². The van der Waals surface area contributed by atoms with Crippen LogP contribution in [0, 0.1) is 13.8 Å². The lowest BCUT2D eigenvalue weighted by Crippen LogP contribution is -2.41. The molecule has 0 N–H and O–H groups in total. The Hall–Kier alpha value is -2.81. The molecule has 0 atom stereocenters. The molecule has 8 nitrogen and oxygen atoms in total. The van der Waals surface area contributed by atoms with Gasteiger partial charge < -0.3 is 14.4 Å². The Kier molecular flexibility index (Phi) is 7.62. The van der Waals surface area contributed by atoms with Gasteiger partial charge in [0.05, 0.1) is 25.7 Å². The highest BCUT2D eigenvalue weighted by Gasteiger charge is 2.22. The number of nitrogens with zero attached hydrogens (tertiary/aromatic N) is 3. The first kappa shape index (κ1) is 21.5. The number of carbonyl (C=O) groups excluding carboxylic acids is 3. The maximum Gasteiger partial charge on any atom is 0.325 e. The van der Waals surface area contributed by atoms with Crippen molar-refractivity contribution in [2.75, 3.05) is 33.1 Å². The number of hydrogen-bond acceptors (Lipinski definition) is 7. The number of aromatic nitrogens is 2. The van der Waals surface area contributed by atoms with Crippen molar-refractivity contribution in [3.63, 3.8) is 0 Å². The molecule has 150 valence electrons. The van der Waals surface area contributed by atoms with Crippen LogP contribution >= 0.6 is 11.8 Å². The van der Waals surface area contributed by atoms with Crippen molar-refractivity contribution in [3.8, 4) is 5.69 Å². The smallest absolute Gasteiger partial charge is 0.325 e. The van der Waals surface area contributed by atoms with Crippen molar-refractivity contribution in [3.05, 3.63) is 41.7 Å². The first-order valence-corrected chi connectivity index (χ1v) is 9.50. The predicted octanol–water partition coefficient (Wildman–Crippen LogP) is 1.76. The monoisotopic (exact) mass is 405 g/mol. The van der Waals surface area contributed by atoms with Crippen molar-refractivity contribution >= 4 is 29.6 Å². The van der Waals surface area contributed by atoms with Crippen molar-refractivity contribution in [1.82, 2.24) is 14.5 Å². The minimum absolute atomic E-state index is 0.00979.